The quantitative estimate of drug-likeness (QED) is 0.449. The van der Waals surface area contributed by atoms with Crippen molar-refractivity contribution in [1.29, 1.82) is 0 Å². The number of ether oxygens (including phenoxy) is 1. The topological polar surface area (TPSA) is 38.3 Å². The molecule has 5 heteroatoms. The van der Waals surface area contributed by atoms with Gasteiger partial charge in [-0.3, -0.25) is 4.79 Å². The third-order valence-corrected chi connectivity index (χ3v) is 9.16. The average Bonchev–Trinajstić information content (AvgIpc) is 3.26. The van der Waals surface area contributed by atoms with Crippen LogP contribution in [0.3, 0.4) is 0 Å². The van der Waals surface area contributed by atoms with E-state index in [1.807, 2.05) is 24.3 Å². The Morgan fingerprint density at radius 3 is 2.89 bits per heavy atom. The summed E-state index contributed by atoms with van der Waals surface area (Å²) in [6.45, 7) is 0. The second-order valence-corrected chi connectivity index (χ2v) is 10.7. The van der Waals surface area contributed by atoms with Crippen LogP contribution < -0.4 is 10.1 Å². The van der Waals surface area contributed by atoms with E-state index in [9.17, 15) is 4.79 Å². The van der Waals surface area contributed by atoms with Crippen LogP contribution in [0.4, 0.5) is 0 Å². The molecule has 0 radical (unpaired) electrons. The normalized spacial score (nSPS) is 40.3. The van der Waals surface area contributed by atoms with Crippen LogP contribution in [0, 0.1) is 40.4 Å². The van der Waals surface area contributed by atoms with E-state index >= 15 is 0 Å². The monoisotopic (exact) mass is 407 g/mol. The van der Waals surface area contributed by atoms with E-state index < -0.39 is 0 Å². The van der Waals surface area contributed by atoms with Gasteiger partial charge in [-0.15, -0.1) is 0 Å². The fourth-order valence-electron chi connectivity index (χ4n) is 7.07. The van der Waals surface area contributed by atoms with E-state index in [4.69, 9.17) is 17.0 Å². The van der Waals surface area contributed by atoms with Crippen molar-refractivity contribution in [3.05, 3.63) is 34.2 Å². The molecule has 4 aliphatic carbocycles. The van der Waals surface area contributed by atoms with Gasteiger partial charge in [0.25, 0.3) is 5.91 Å². The lowest BCUT2D eigenvalue weighted by atomic mass is 9.32. The summed E-state index contributed by atoms with van der Waals surface area (Å²) in [4.78, 5) is 12.6. The van der Waals surface area contributed by atoms with Gasteiger partial charge in [-0.25, -0.2) is 0 Å². The molecule has 4 saturated carbocycles. The zero-order valence-corrected chi connectivity index (χ0v) is 17.3. The number of thioether (sulfide) groups is 1. The smallest absolute Gasteiger partial charge is 0.263 e. The maximum absolute atomic E-state index is 11.9. The van der Waals surface area contributed by atoms with E-state index in [1.165, 1.54) is 43.9 Å². The fraction of sp³-hybridized carbons (Fsp3) is 0.478. The van der Waals surface area contributed by atoms with E-state index in [0.29, 0.717) is 14.6 Å². The Morgan fingerprint density at radius 1 is 1.29 bits per heavy atom. The minimum Gasteiger partial charge on any atom is -0.495 e. The summed E-state index contributed by atoms with van der Waals surface area (Å²) in [7, 11) is 1.69. The van der Waals surface area contributed by atoms with Gasteiger partial charge in [0.15, 0.2) is 0 Å². The van der Waals surface area contributed by atoms with Gasteiger partial charge in [-0.2, -0.15) is 0 Å². The Morgan fingerprint density at radius 2 is 2.18 bits per heavy atom. The molecular weight excluding hydrogens is 386 g/mol. The van der Waals surface area contributed by atoms with Gasteiger partial charge in [0.1, 0.15) is 10.1 Å². The van der Waals surface area contributed by atoms with E-state index in [2.05, 4.69) is 17.2 Å². The van der Waals surface area contributed by atoms with E-state index in [-0.39, 0.29) is 11.3 Å². The number of benzene rings is 1. The standard InChI is InChI=1S/C23H21NO2S2/c1-26-18-3-2-13(8-19-20(25)24-21(27)28-19)6-15(18)4-5-22-10-14-7-16-9-17(12-22)23(16,22)11-14/h2-3,6,8,14,16-17H,7,9-12H2,1H3,(H,24,25,27)/b19-8-. The number of methoxy groups -OCH3 is 1. The first kappa shape index (κ1) is 17.1. The summed E-state index contributed by atoms with van der Waals surface area (Å²) in [6.07, 6.45) is 8.80. The molecule has 28 heavy (non-hydrogen) atoms. The van der Waals surface area contributed by atoms with Crippen LogP contribution in [0.15, 0.2) is 23.1 Å². The summed E-state index contributed by atoms with van der Waals surface area (Å²) < 4.78 is 6.07. The number of amides is 1. The van der Waals surface area contributed by atoms with E-state index in [1.54, 1.807) is 7.11 Å². The lowest BCUT2D eigenvalue weighted by molar-refractivity contribution is -0.213. The Balaban J connectivity index is 1.34. The van der Waals surface area contributed by atoms with Gasteiger partial charge in [-0.05, 0) is 79.0 Å². The average molecular weight is 408 g/mol. The molecule has 1 amide bonds. The van der Waals surface area contributed by atoms with Crippen molar-refractivity contribution in [2.75, 3.05) is 7.11 Å². The number of thiocarbonyl (C=S) groups is 1. The number of rotatable bonds is 2. The summed E-state index contributed by atoms with van der Waals surface area (Å²) in [6, 6.07) is 5.94. The highest BCUT2D eigenvalue weighted by molar-refractivity contribution is 8.26. The Labute approximate surface area is 174 Å². The van der Waals surface area contributed by atoms with Crippen molar-refractivity contribution < 1.29 is 9.53 Å². The number of carbonyl (C=O) groups excluding carboxylic acids is 1. The first-order valence-corrected chi connectivity index (χ1v) is 11.2. The van der Waals surface area contributed by atoms with Gasteiger partial charge in [0.05, 0.1) is 17.6 Å². The summed E-state index contributed by atoms with van der Waals surface area (Å²) >= 11 is 6.38. The molecule has 1 saturated heterocycles. The van der Waals surface area contributed by atoms with Crippen LogP contribution in [-0.2, 0) is 4.79 Å². The third-order valence-electron chi connectivity index (χ3n) is 7.99. The number of fused-ring (bicyclic) bond motifs is 1. The molecule has 1 aromatic rings. The molecule has 5 aliphatic rings. The second-order valence-electron chi connectivity index (χ2n) is 9.03. The Hall–Kier alpha value is -1.77. The summed E-state index contributed by atoms with van der Waals surface area (Å²) in [5.74, 6) is 10.7. The highest BCUT2D eigenvalue weighted by Gasteiger charge is 2.80. The minimum atomic E-state index is -0.130. The van der Waals surface area contributed by atoms with Crippen molar-refractivity contribution >= 4 is 40.3 Å². The highest BCUT2D eigenvalue weighted by Crippen LogP contribution is 2.86. The number of carbonyl (C=O) groups is 1. The Kier molecular flexibility index (Phi) is 3.45. The van der Waals surface area contributed by atoms with Crippen LogP contribution >= 0.6 is 24.0 Å². The molecule has 3 nitrogen and oxygen atoms in total. The van der Waals surface area contributed by atoms with Crippen molar-refractivity contribution in [2.45, 2.75) is 32.1 Å². The summed E-state index contributed by atoms with van der Waals surface area (Å²) in [5, 5.41) is 2.66. The molecule has 1 aliphatic heterocycles. The van der Waals surface area contributed by atoms with Crippen LogP contribution in [0.5, 0.6) is 5.75 Å². The lowest BCUT2D eigenvalue weighted by Gasteiger charge is -2.71. The Bertz CT molecular complexity index is 1030. The molecule has 6 rings (SSSR count). The predicted octanol–water partition coefficient (Wildman–Crippen LogP) is 4.36. The molecule has 142 valence electrons. The van der Waals surface area contributed by atoms with Crippen LogP contribution in [-0.4, -0.2) is 17.3 Å². The van der Waals surface area contributed by atoms with Gasteiger partial charge in [0.2, 0.25) is 0 Å². The number of hydrogen-bond acceptors (Lipinski definition) is 4. The molecule has 5 unspecified atom stereocenters. The van der Waals surface area contributed by atoms with Crippen LogP contribution in [0.1, 0.15) is 43.2 Å². The summed E-state index contributed by atoms with van der Waals surface area (Å²) in [5.41, 5.74) is 2.68. The van der Waals surface area contributed by atoms with Crippen LogP contribution in [0.2, 0.25) is 0 Å². The molecule has 2 bridgehead atoms. The largest absolute Gasteiger partial charge is 0.495 e. The highest BCUT2D eigenvalue weighted by atomic mass is 32.2. The number of hydrogen-bond donors (Lipinski definition) is 1. The molecular formula is C23H21NO2S2. The first-order chi connectivity index (χ1) is 13.5. The van der Waals surface area contributed by atoms with Gasteiger partial charge in [0, 0.05) is 5.41 Å². The molecule has 5 atom stereocenters. The molecule has 1 spiro atoms. The molecule has 5 fully saturated rings. The van der Waals surface area contributed by atoms with Gasteiger partial charge in [-0.1, -0.05) is 41.9 Å². The van der Waals surface area contributed by atoms with Crippen LogP contribution in [0.25, 0.3) is 6.08 Å². The van der Waals surface area contributed by atoms with Gasteiger partial charge >= 0.3 is 0 Å². The molecule has 0 aromatic heterocycles. The molecule has 1 N–H and O–H groups in total. The maximum Gasteiger partial charge on any atom is 0.263 e. The van der Waals surface area contributed by atoms with Crippen molar-refractivity contribution in [3.8, 4) is 17.6 Å². The zero-order chi connectivity index (χ0) is 19.1. The predicted molar refractivity (Wildman–Crippen MR) is 115 cm³/mol. The van der Waals surface area contributed by atoms with Crippen molar-refractivity contribution in [1.82, 2.24) is 5.32 Å². The van der Waals surface area contributed by atoms with Crippen molar-refractivity contribution in [2.24, 2.45) is 28.6 Å². The zero-order valence-electron chi connectivity index (χ0n) is 15.7. The molecule has 1 aromatic carbocycles. The lowest BCUT2D eigenvalue weighted by Crippen LogP contribution is -2.66. The van der Waals surface area contributed by atoms with Crippen molar-refractivity contribution in [3.63, 3.8) is 0 Å². The SMILES string of the molecule is COc1ccc(/C=C2\SC(=S)NC2=O)cc1C#CC12CC3CC4CC(C1)C42C3. The van der Waals surface area contributed by atoms with Gasteiger partial charge < -0.3 is 10.1 Å². The first-order valence-electron chi connectivity index (χ1n) is 9.99. The van der Waals surface area contributed by atoms with E-state index in [0.717, 1.165) is 34.6 Å². The molecule has 1 heterocycles. The minimum absolute atomic E-state index is 0.130. The fourth-order valence-corrected chi connectivity index (χ4v) is 8.12. The second kappa shape index (κ2) is 5.64. The third kappa shape index (κ3) is 2.08. The number of nitrogens with one attached hydrogen (secondary N) is 1. The maximum atomic E-state index is 11.9.